The highest BCUT2D eigenvalue weighted by molar-refractivity contribution is 9.12. The zero-order valence-corrected chi connectivity index (χ0v) is 13.4. The van der Waals surface area contributed by atoms with Crippen molar-refractivity contribution in [3.63, 3.8) is 0 Å². The van der Waals surface area contributed by atoms with Crippen LogP contribution in [0, 0.1) is 0 Å². The van der Waals surface area contributed by atoms with Gasteiger partial charge < -0.3 is 10.5 Å². The number of hydrogen-bond donors (Lipinski definition) is 1. The van der Waals surface area contributed by atoms with Crippen molar-refractivity contribution in [3.05, 3.63) is 43.0 Å². The van der Waals surface area contributed by atoms with E-state index >= 15 is 0 Å². The van der Waals surface area contributed by atoms with E-state index in [1.807, 2.05) is 0 Å². The molecule has 0 bridgehead atoms. The fourth-order valence-corrected chi connectivity index (χ4v) is 4.34. The molecule has 1 heterocycles. The molecule has 94 valence electrons. The molecule has 1 aromatic heterocycles. The molecule has 0 unspecified atom stereocenters. The number of ether oxygens (including phenoxy) is 1. The standard InChI is InChI=1S/C12H9Br2NO2S/c1-17-9-3-2-6(15)4-7(9)11(16)8-5-10(13)18-12(8)14/h2-5H,15H2,1H3. The highest BCUT2D eigenvalue weighted by Gasteiger charge is 2.19. The summed E-state index contributed by atoms with van der Waals surface area (Å²) < 4.78 is 6.86. The lowest BCUT2D eigenvalue weighted by molar-refractivity contribution is 0.103. The average molecular weight is 391 g/mol. The molecular formula is C12H9Br2NO2S. The first-order chi connectivity index (χ1) is 8.52. The van der Waals surface area contributed by atoms with Crippen LogP contribution in [0.5, 0.6) is 5.75 Å². The van der Waals surface area contributed by atoms with E-state index in [0.29, 0.717) is 22.6 Å². The summed E-state index contributed by atoms with van der Waals surface area (Å²) in [4.78, 5) is 12.4. The first-order valence-electron chi connectivity index (χ1n) is 4.96. The molecule has 1 aromatic carbocycles. The second kappa shape index (κ2) is 5.42. The fourth-order valence-electron chi connectivity index (χ4n) is 1.54. The Balaban J connectivity index is 2.51. The topological polar surface area (TPSA) is 52.3 Å². The van der Waals surface area contributed by atoms with Crippen molar-refractivity contribution < 1.29 is 9.53 Å². The van der Waals surface area contributed by atoms with Crippen molar-refractivity contribution in [1.82, 2.24) is 0 Å². The molecule has 0 aliphatic carbocycles. The highest BCUT2D eigenvalue weighted by Crippen LogP contribution is 2.35. The lowest BCUT2D eigenvalue weighted by Crippen LogP contribution is -2.04. The van der Waals surface area contributed by atoms with Gasteiger partial charge >= 0.3 is 0 Å². The Hall–Kier alpha value is -0.850. The van der Waals surface area contributed by atoms with E-state index in [0.717, 1.165) is 7.57 Å². The Labute approximate surface area is 125 Å². The van der Waals surface area contributed by atoms with Crippen molar-refractivity contribution >= 4 is 54.7 Å². The van der Waals surface area contributed by atoms with Crippen LogP contribution in [-0.2, 0) is 0 Å². The van der Waals surface area contributed by atoms with Gasteiger partial charge in [-0.15, -0.1) is 11.3 Å². The molecule has 0 spiro atoms. The summed E-state index contributed by atoms with van der Waals surface area (Å²) in [6.07, 6.45) is 0. The monoisotopic (exact) mass is 389 g/mol. The van der Waals surface area contributed by atoms with E-state index in [-0.39, 0.29) is 5.78 Å². The number of ketones is 1. The van der Waals surface area contributed by atoms with E-state index in [1.54, 1.807) is 24.3 Å². The van der Waals surface area contributed by atoms with Gasteiger partial charge in [0, 0.05) is 11.3 Å². The van der Waals surface area contributed by atoms with E-state index in [9.17, 15) is 4.79 Å². The number of methoxy groups -OCH3 is 1. The minimum atomic E-state index is -0.118. The largest absolute Gasteiger partial charge is 0.496 e. The third kappa shape index (κ3) is 2.60. The number of halogens is 2. The summed E-state index contributed by atoms with van der Waals surface area (Å²) in [5.41, 5.74) is 7.30. The number of carbonyl (C=O) groups excluding carboxylic acids is 1. The van der Waals surface area contributed by atoms with Gasteiger partial charge in [0.25, 0.3) is 0 Å². The normalized spacial score (nSPS) is 10.4. The molecule has 0 fully saturated rings. The zero-order chi connectivity index (χ0) is 13.3. The van der Waals surface area contributed by atoms with E-state index < -0.39 is 0 Å². The van der Waals surface area contributed by atoms with Gasteiger partial charge in [0.15, 0.2) is 5.78 Å². The minimum absolute atomic E-state index is 0.118. The smallest absolute Gasteiger partial charge is 0.198 e. The summed E-state index contributed by atoms with van der Waals surface area (Å²) in [7, 11) is 1.53. The Kier molecular flexibility index (Phi) is 4.09. The van der Waals surface area contributed by atoms with Crippen LogP contribution in [0.4, 0.5) is 5.69 Å². The molecule has 0 aliphatic rings. The highest BCUT2D eigenvalue weighted by atomic mass is 79.9. The number of rotatable bonds is 3. The molecule has 3 nitrogen and oxygen atoms in total. The van der Waals surface area contributed by atoms with Crippen molar-refractivity contribution in [2.24, 2.45) is 0 Å². The molecule has 6 heteroatoms. The predicted octanol–water partition coefficient (Wildman–Crippen LogP) is 4.09. The van der Waals surface area contributed by atoms with Crippen LogP contribution in [0.1, 0.15) is 15.9 Å². The average Bonchev–Trinajstić information content (AvgIpc) is 2.67. The van der Waals surface area contributed by atoms with Gasteiger partial charge in [-0.25, -0.2) is 0 Å². The van der Waals surface area contributed by atoms with Gasteiger partial charge in [-0.2, -0.15) is 0 Å². The second-order valence-electron chi connectivity index (χ2n) is 3.53. The summed E-state index contributed by atoms with van der Waals surface area (Å²) in [6, 6.07) is 6.80. The molecule has 0 atom stereocenters. The van der Waals surface area contributed by atoms with E-state index in [4.69, 9.17) is 10.5 Å². The molecule has 18 heavy (non-hydrogen) atoms. The molecule has 2 aromatic rings. The summed E-state index contributed by atoms with van der Waals surface area (Å²) >= 11 is 8.18. The number of carbonyl (C=O) groups is 1. The molecule has 0 radical (unpaired) electrons. The number of thiophene rings is 1. The maximum Gasteiger partial charge on any atom is 0.198 e. The van der Waals surface area contributed by atoms with Crippen molar-refractivity contribution in [3.8, 4) is 5.75 Å². The second-order valence-corrected chi connectivity index (χ2v) is 7.28. The maximum absolute atomic E-state index is 12.4. The third-order valence-electron chi connectivity index (χ3n) is 2.37. The number of nitrogens with two attached hydrogens (primary N) is 1. The van der Waals surface area contributed by atoms with Gasteiger partial charge in [0.1, 0.15) is 5.75 Å². The molecular weight excluding hydrogens is 382 g/mol. The summed E-state index contributed by atoms with van der Waals surface area (Å²) in [5.74, 6) is 0.399. The number of benzene rings is 1. The summed E-state index contributed by atoms with van der Waals surface area (Å²) in [5, 5.41) is 0. The lowest BCUT2D eigenvalue weighted by atomic mass is 10.0. The van der Waals surface area contributed by atoms with E-state index in [2.05, 4.69) is 31.9 Å². The van der Waals surface area contributed by atoms with Crippen LogP contribution >= 0.6 is 43.2 Å². The van der Waals surface area contributed by atoms with Gasteiger partial charge in [-0.1, -0.05) is 0 Å². The summed E-state index contributed by atoms with van der Waals surface area (Å²) in [6.45, 7) is 0. The molecule has 0 saturated heterocycles. The van der Waals surface area contributed by atoms with Crippen molar-refractivity contribution in [2.45, 2.75) is 0 Å². The van der Waals surface area contributed by atoms with Crippen LogP contribution in [-0.4, -0.2) is 12.9 Å². The lowest BCUT2D eigenvalue weighted by Gasteiger charge is -2.07. The Bertz CT molecular complexity index is 610. The van der Waals surface area contributed by atoms with E-state index in [1.165, 1.54) is 18.4 Å². The first-order valence-corrected chi connectivity index (χ1v) is 7.36. The fraction of sp³-hybridized carbons (Fsp3) is 0.0833. The maximum atomic E-state index is 12.4. The van der Waals surface area contributed by atoms with Crippen LogP contribution in [0.15, 0.2) is 31.8 Å². The van der Waals surface area contributed by atoms with Gasteiger partial charge in [-0.3, -0.25) is 4.79 Å². The van der Waals surface area contributed by atoms with Crippen LogP contribution in [0.3, 0.4) is 0 Å². The SMILES string of the molecule is COc1ccc(N)cc1C(=O)c1cc(Br)sc1Br. The molecule has 2 rings (SSSR count). The molecule has 0 amide bonds. The predicted molar refractivity (Wildman–Crippen MR) is 80.6 cm³/mol. The van der Waals surface area contributed by atoms with Crippen LogP contribution < -0.4 is 10.5 Å². The molecule has 0 aliphatic heterocycles. The van der Waals surface area contributed by atoms with Gasteiger partial charge in [0.2, 0.25) is 0 Å². The molecule has 0 saturated carbocycles. The minimum Gasteiger partial charge on any atom is -0.496 e. The first kappa shape index (κ1) is 13.6. The molecule has 2 N–H and O–H groups in total. The van der Waals surface area contributed by atoms with Crippen LogP contribution in [0.2, 0.25) is 0 Å². The Morgan fingerprint density at radius 3 is 2.56 bits per heavy atom. The number of anilines is 1. The Morgan fingerprint density at radius 1 is 1.28 bits per heavy atom. The van der Waals surface area contributed by atoms with Gasteiger partial charge in [-0.05, 0) is 56.1 Å². The van der Waals surface area contributed by atoms with Crippen molar-refractivity contribution in [1.29, 1.82) is 0 Å². The Morgan fingerprint density at radius 2 is 2.00 bits per heavy atom. The van der Waals surface area contributed by atoms with Gasteiger partial charge in [0.05, 0.1) is 20.2 Å². The third-order valence-corrected chi connectivity index (χ3v) is 4.71. The zero-order valence-electron chi connectivity index (χ0n) is 9.37. The number of nitrogen functional groups attached to an aromatic ring is 1. The quantitative estimate of drug-likeness (QED) is 0.634. The van der Waals surface area contributed by atoms with Crippen molar-refractivity contribution in [2.75, 3.05) is 12.8 Å². The van der Waals surface area contributed by atoms with Crippen LogP contribution in [0.25, 0.3) is 0 Å². The number of hydrogen-bond acceptors (Lipinski definition) is 4.